The van der Waals surface area contributed by atoms with E-state index in [0.29, 0.717) is 11.3 Å². The second-order valence-corrected chi connectivity index (χ2v) is 7.36. The van der Waals surface area contributed by atoms with E-state index >= 15 is 0 Å². The summed E-state index contributed by atoms with van der Waals surface area (Å²) in [6, 6.07) is 12.9. The van der Waals surface area contributed by atoms with Crippen molar-refractivity contribution in [3.63, 3.8) is 0 Å². The average molecular weight is 403 g/mol. The summed E-state index contributed by atoms with van der Waals surface area (Å²) in [5, 5.41) is 4.10. The molecule has 0 fully saturated rings. The fourth-order valence-electron chi connectivity index (χ4n) is 3.08. The van der Waals surface area contributed by atoms with E-state index in [1.165, 1.54) is 17.4 Å². The van der Waals surface area contributed by atoms with Crippen LogP contribution in [0.2, 0.25) is 0 Å². The van der Waals surface area contributed by atoms with Crippen molar-refractivity contribution in [2.24, 2.45) is 5.16 Å². The van der Waals surface area contributed by atoms with Gasteiger partial charge in [-0.05, 0) is 43.7 Å². The molecule has 4 nitrogen and oxygen atoms in total. The van der Waals surface area contributed by atoms with Gasteiger partial charge in [-0.25, -0.2) is 4.98 Å². The Hall–Kier alpha value is -2.87. The maximum absolute atomic E-state index is 12.8. The number of halogens is 3. The first-order valence-corrected chi connectivity index (χ1v) is 9.36. The minimum Gasteiger partial charge on any atom is -0.391 e. The van der Waals surface area contributed by atoms with Crippen molar-refractivity contribution in [3.05, 3.63) is 70.2 Å². The van der Waals surface area contributed by atoms with Gasteiger partial charge in [-0.2, -0.15) is 13.2 Å². The lowest BCUT2D eigenvalue weighted by atomic mass is 10.1. The first-order chi connectivity index (χ1) is 13.3. The molecular formula is C20H16F3N3OS. The summed E-state index contributed by atoms with van der Waals surface area (Å²) >= 11 is 1.50. The Morgan fingerprint density at radius 3 is 2.75 bits per heavy atom. The molecule has 0 saturated carbocycles. The minimum absolute atomic E-state index is 0.0360. The molecule has 0 aliphatic heterocycles. The van der Waals surface area contributed by atoms with Crippen LogP contribution in [0.4, 0.5) is 13.2 Å². The van der Waals surface area contributed by atoms with Gasteiger partial charge < -0.3 is 4.84 Å². The SMILES string of the molecule is C/C(=N\OCc1cccc(C(F)(F)F)c1)c1sc2nc3ccccc3n2c1C. The summed E-state index contributed by atoms with van der Waals surface area (Å²) in [6.45, 7) is 3.76. The number of rotatable bonds is 4. The number of alkyl halides is 3. The highest BCUT2D eigenvalue weighted by Gasteiger charge is 2.30. The lowest BCUT2D eigenvalue weighted by molar-refractivity contribution is -0.137. The topological polar surface area (TPSA) is 38.9 Å². The normalized spacial score (nSPS) is 12.8. The van der Waals surface area contributed by atoms with Crippen LogP contribution in [0.3, 0.4) is 0 Å². The number of aromatic nitrogens is 2. The third kappa shape index (κ3) is 3.35. The van der Waals surface area contributed by atoms with Gasteiger partial charge in [-0.1, -0.05) is 40.8 Å². The third-order valence-corrected chi connectivity index (χ3v) is 5.65. The van der Waals surface area contributed by atoms with E-state index in [4.69, 9.17) is 4.84 Å². The first-order valence-electron chi connectivity index (χ1n) is 8.54. The zero-order valence-electron chi connectivity index (χ0n) is 15.1. The van der Waals surface area contributed by atoms with E-state index in [1.54, 1.807) is 6.07 Å². The van der Waals surface area contributed by atoms with Crippen molar-refractivity contribution in [2.45, 2.75) is 26.6 Å². The number of aryl methyl sites for hydroxylation is 1. The molecule has 0 N–H and O–H groups in total. The molecule has 4 aromatic rings. The van der Waals surface area contributed by atoms with E-state index in [-0.39, 0.29) is 6.61 Å². The highest BCUT2D eigenvalue weighted by Crippen LogP contribution is 2.30. The molecule has 4 rings (SSSR count). The second-order valence-electron chi connectivity index (χ2n) is 6.38. The molecular weight excluding hydrogens is 387 g/mol. The molecule has 2 heterocycles. The van der Waals surface area contributed by atoms with Crippen LogP contribution in [0.5, 0.6) is 0 Å². The number of imidazole rings is 1. The Morgan fingerprint density at radius 1 is 1.18 bits per heavy atom. The number of thiazole rings is 1. The van der Waals surface area contributed by atoms with Crippen molar-refractivity contribution in [1.29, 1.82) is 0 Å². The molecule has 0 spiro atoms. The van der Waals surface area contributed by atoms with Crippen molar-refractivity contribution >= 4 is 33.0 Å². The monoisotopic (exact) mass is 403 g/mol. The molecule has 0 bridgehead atoms. The lowest BCUT2D eigenvalue weighted by Gasteiger charge is -2.08. The van der Waals surface area contributed by atoms with E-state index in [0.717, 1.165) is 38.7 Å². The molecule has 0 aliphatic rings. The molecule has 28 heavy (non-hydrogen) atoms. The molecule has 0 unspecified atom stereocenters. The van der Waals surface area contributed by atoms with Gasteiger partial charge in [0.2, 0.25) is 0 Å². The van der Waals surface area contributed by atoms with E-state index < -0.39 is 11.7 Å². The van der Waals surface area contributed by atoms with Gasteiger partial charge in [0.05, 0.1) is 27.2 Å². The third-order valence-electron chi connectivity index (χ3n) is 4.40. The largest absolute Gasteiger partial charge is 0.416 e. The van der Waals surface area contributed by atoms with Crippen molar-refractivity contribution in [1.82, 2.24) is 9.38 Å². The molecule has 144 valence electrons. The first kappa shape index (κ1) is 18.5. The fraction of sp³-hybridized carbons (Fsp3) is 0.200. The summed E-state index contributed by atoms with van der Waals surface area (Å²) in [4.78, 5) is 11.7. The Labute approximate surface area is 162 Å². The van der Waals surface area contributed by atoms with Crippen LogP contribution in [-0.4, -0.2) is 15.1 Å². The zero-order chi connectivity index (χ0) is 19.9. The number of hydrogen-bond donors (Lipinski definition) is 0. The van der Waals surface area contributed by atoms with Gasteiger partial charge in [-0.15, -0.1) is 0 Å². The Balaban J connectivity index is 1.56. The number of para-hydroxylation sites is 2. The predicted molar refractivity (Wildman–Crippen MR) is 104 cm³/mol. The molecule has 2 aromatic carbocycles. The Kier molecular flexibility index (Phi) is 4.58. The maximum Gasteiger partial charge on any atom is 0.416 e. The van der Waals surface area contributed by atoms with Gasteiger partial charge in [-0.3, -0.25) is 4.40 Å². The standard InChI is InChI=1S/C20H16F3N3OS/c1-12(25-27-11-14-6-5-7-15(10-14)20(21,22)23)18-13(2)26-17-9-4-3-8-16(17)24-19(26)28-18/h3-10H,11H2,1-2H3/b25-12+. The molecule has 0 radical (unpaired) electrons. The van der Waals surface area contributed by atoms with Gasteiger partial charge in [0.1, 0.15) is 6.61 Å². The summed E-state index contributed by atoms with van der Waals surface area (Å²) in [5.41, 5.74) is 3.32. The van der Waals surface area contributed by atoms with Gasteiger partial charge in [0.15, 0.2) is 4.96 Å². The van der Waals surface area contributed by atoms with Crippen LogP contribution in [0.1, 0.15) is 28.6 Å². The van der Waals surface area contributed by atoms with E-state index in [2.05, 4.69) is 14.5 Å². The smallest absolute Gasteiger partial charge is 0.391 e. The number of fused-ring (bicyclic) bond motifs is 3. The Bertz CT molecular complexity index is 1190. The molecule has 2 aromatic heterocycles. The number of benzene rings is 2. The van der Waals surface area contributed by atoms with Crippen LogP contribution in [0.25, 0.3) is 16.0 Å². The molecule has 8 heteroatoms. The van der Waals surface area contributed by atoms with Crippen LogP contribution >= 0.6 is 11.3 Å². The molecule has 0 amide bonds. The highest BCUT2D eigenvalue weighted by molar-refractivity contribution is 7.19. The maximum atomic E-state index is 12.8. The number of hydrogen-bond acceptors (Lipinski definition) is 4. The zero-order valence-corrected chi connectivity index (χ0v) is 15.9. The summed E-state index contributed by atoms with van der Waals surface area (Å²) in [6.07, 6.45) is -4.37. The lowest BCUT2D eigenvalue weighted by Crippen LogP contribution is -2.05. The van der Waals surface area contributed by atoms with Crippen LogP contribution in [0.15, 0.2) is 53.7 Å². The highest BCUT2D eigenvalue weighted by atomic mass is 32.1. The van der Waals surface area contributed by atoms with Crippen LogP contribution < -0.4 is 0 Å². The number of nitrogens with zero attached hydrogens (tertiary/aromatic N) is 3. The predicted octanol–water partition coefficient (Wildman–Crippen LogP) is 5.82. The van der Waals surface area contributed by atoms with Crippen molar-refractivity contribution in [3.8, 4) is 0 Å². The van der Waals surface area contributed by atoms with Crippen molar-refractivity contribution < 1.29 is 18.0 Å². The summed E-state index contributed by atoms with van der Waals surface area (Å²) in [5.74, 6) is 0. The summed E-state index contributed by atoms with van der Waals surface area (Å²) < 4.78 is 40.4. The minimum atomic E-state index is -4.37. The average Bonchev–Trinajstić information content (AvgIpc) is 3.18. The van der Waals surface area contributed by atoms with Crippen LogP contribution in [0, 0.1) is 6.92 Å². The molecule has 0 saturated heterocycles. The summed E-state index contributed by atoms with van der Waals surface area (Å²) in [7, 11) is 0. The van der Waals surface area contributed by atoms with Gasteiger partial charge in [0.25, 0.3) is 0 Å². The molecule has 0 aliphatic carbocycles. The van der Waals surface area contributed by atoms with Crippen LogP contribution in [-0.2, 0) is 17.6 Å². The van der Waals surface area contributed by atoms with Gasteiger partial charge >= 0.3 is 6.18 Å². The molecule has 0 atom stereocenters. The quantitative estimate of drug-likeness (QED) is 0.318. The van der Waals surface area contributed by atoms with E-state index in [9.17, 15) is 13.2 Å². The van der Waals surface area contributed by atoms with Gasteiger partial charge in [0, 0.05) is 5.69 Å². The Morgan fingerprint density at radius 2 is 1.96 bits per heavy atom. The second kappa shape index (κ2) is 6.94. The van der Waals surface area contributed by atoms with E-state index in [1.807, 2.05) is 38.1 Å². The fourth-order valence-corrected chi connectivity index (χ4v) is 4.16. The number of oxime groups is 1. The van der Waals surface area contributed by atoms with Crippen molar-refractivity contribution in [2.75, 3.05) is 0 Å².